The van der Waals surface area contributed by atoms with E-state index in [1.165, 1.54) is 12.3 Å². The van der Waals surface area contributed by atoms with Gasteiger partial charge in [-0.15, -0.1) is 0 Å². The van der Waals surface area contributed by atoms with Crippen LogP contribution in [0.25, 0.3) is 0 Å². The van der Waals surface area contributed by atoms with Gasteiger partial charge in [0, 0.05) is 19.3 Å². The summed E-state index contributed by atoms with van der Waals surface area (Å²) in [5.41, 5.74) is 5.89. The van der Waals surface area contributed by atoms with Crippen molar-refractivity contribution in [2.75, 3.05) is 36.9 Å². The molecule has 7 heteroatoms. The molecule has 17 heavy (non-hydrogen) atoms. The highest BCUT2D eigenvalue weighted by atomic mass is 16.4. The number of aliphatic hydroxyl groups excluding tert-OH is 2. The van der Waals surface area contributed by atoms with Gasteiger partial charge in [-0.05, 0) is 6.07 Å². The average Bonchev–Trinajstić information content (AvgIpc) is 2.28. The number of carbonyl (C=O) groups is 1. The second-order valence-corrected chi connectivity index (χ2v) is 3.38. The molecule has 0 unspecified atom stereocenters. The minimum absolute atomic E-state index is 0.000744. The highest BCUT2D eigenvalue weighted by Gasteiger charge is 2.13. The Bertz CT molecular complexity index is 391. The summed E-state index contributed by atoms with van der Waals surface area (Å²) in [7, 11) is 0. The number of hydrogen-bond acceptors (Lipinski definition) is 6. The largest absolute Gasteiger partial charge is 0.478 e. The number of nitrogen functional groups attached to an aromatic ring is 1. The maximum atomic E-state index is 10.7. The molecule has 0 aliphatic heterocycles. The van der Waals surface area contributed by atoms with Gasteiger partial charge in [-0.1, -0.05) is 0 Å². The molecule has 0 amide bonds. The Labute approximate surface area is 98.1 Å². The van der Waals surface area contributed by atoms with E-state index in [0.29, 0.717) is 5.82 Å². The zero-order valence-electron chi connectivity index (χ0n) is 9.20. The van der Waals surface area contributed by atoms with Crippen molar-refractivity contribution in [3.05, 3.63) is 17.8 Å². The molecular formula is C10H15N3O4. The van der Waals surface area contributed by atoms with Crippen molar-refractivity contribution in [3.8, 4) is 0 Å². The number of carboxylic acids is 1. The standard InChI is InChI=1S/C10H15N3O4/c11-8-5-7(10(16)17)6-12-9(8)13(1-3-14)2-4-15/h5-6,14-15H,1-4,11H2,(H,16,17). The van der Waals surface area contributed by atoms with Crippen LogP contribution in [0, 0.1) is 0 Å². The summed E-state index contributed by atoms with van der Waals surface area (Å²) in [5, 5.41) is 26.5. The molecule has 1 aromatic rings. The predicted molar refractivity (Wildman–Crippen MR) is 62.0 cm³/mol. The minimum atomic E-state index is -1.10. The SMILES string of the molecule is Nc1cc(C(=O)O)cnc1N(CCO)CCO. The highest BCUT2D eigenvalue weighted by molar-refractivity contribution is 5.89. The molecule has 0 saturated heterocycles. The number of aliphatic hydroxyl groups is 2. The fraction of sp³-hybridized carbons (Fsp3) is 0.400. The smallest absolute Gasteiger partial charge is 0.337 e. The Morgan fingerprint density at radius 3 is 2.35 bits per heavy atom. The molecule has 0 fully saturated rings. The van der Waals surface area contributed by atoms with Gasteiger partial charge in [-0.3, -0.25) is 0 Å². The van der Waals surface area contributed by atoms with E-state index in [4.69, 9.17) is 21.1 Å². The normalized spacial score (nSPS) is 10.2. The summed E-state index contributed by atoms with van der Waals surface area (Å²) >= 11 is 0. The van der Waals surface area contributed by atoms with E-state index in [1.807, 2.05) is 0 Å². The van der Waals surface area contributed by atoms with Crippen molar-refractivity contribution in [3.63, 3.8) is 0 Å². The number of hydrogen-bond donors (Lipinski definition) is 4. The van der Waals surface area contributed by atoms with Gasteiger partial charge < -0.3 is 26.0 Å². The fourth-order valence-corrected chi connectivity index (χ4v) is 1.42. The van der Waals surface area contributed by atoms with E-state index >= 15 is 0 Å². The fourth-order valence-electron chi connectivity index (χ4n) is 1.42. The molecule has 94 valence electrons. The molecule has 0 spiro atoms. The van der Waals surface area contributed by atoms with Crippen LogP contribution in [0.1, 0.15) is 10.4 Å². The summed E-state index contributed by atoms with van der Waals surface area (Å²) in [4.78, 5) is 16.2. The molecule has 1 aromatic heterocycles. The van der Waals surface area contributed by atoms with Crippen LogP contribution in [0.2, 0.25) is 0 Å². The number of rotatable bonds is 6. The van der Waals surface area contributed by atoms with Crippen LogP contribution in [0.4, 0.5) is 11.5 Å². The van der Waals surface area contributed by atoms with Gasteiger partial charge >= 0.3 is 5.97 Å². The first-order valence-corrected chi connectivity index (χ1v) is 5.05. The third kappa shape index (κ3) is 3.30. The number of nitrogens with two attached hydrogens (primary N) is 1. The molecule has 1 heterocycles. The van der Waals surface area contributed by atoms with Crippen LogP contribution in [0.5, 0.6) is 0 Å². The molecular weight excluding hydrogens is 226 g/mol. The van der Waals surface area contributed by atoms with Crippen molar-refractivity contribution in [2.45, 2.75) is 0 Å². The molecule has 0 aromatic carbocycles. The van der Waals surface area contributed by atoms with Crippen molar-refractivity contribution < 1.29 is 20.1 Å². The molecule has 0 aliphatic carbocycles. The van der Waals surface area contributed by atoms with Gasteiger partial charge in [0.05, 0.1) is 24.5 Å². The molecule has 0 aliphatic rings. The molecule has 5 N–H and O–H groups in total. The van der Waals surface area contributed by atoms with E-state index in [9.17, 15) is 4.79 Å². The number of aromatic nitrogens is 1. The molecule has 0 radical (unpaired) electrons. The summed E-state index contributed by atoms with van der Waals surface area (Å²) in [5.74, 6) is -0.746. The maximum absolute atomic E-state index is 10.7. The maximum Gasteiger partial charge on any atom is 0.337 e. The molecule has 0 atom stereocenters. The van der Waals surface area contributed by atoms with Crippen LogP contribution < -0.4 is 10.6 Å². The molecule has 0 saturated carbocycles. The lowest BCUT2D eigenvalue weighted by molar-refractivity contribution is 0.0696. The number of anilines is 2. The minimum Gasteiger partial charge on any atom is -0.478 e. The summed E-state index contributed by atoms with van der Waals surface area (Å²) < 4.78 is 0. The molecule has 7 nitrogen and oxygen atoms in total. The number of nitrogens with zero attached hydrogens (tertiary/aromatic N) is 2. The number of carboxylic acid groups (broad SMARTS) is 1. The second-order valence-electron chi connectivity index (χ2n) is 3.38. The van der Waals surface area contributed by atoms with Crippen LogP contribution in [-0.2, 0) is 0 Å². The van der Waals surface area contributed by atoms with Gasteiger partial charge in [0.1, 0.15) is 0 Å². The Morgan fingerprint density at radius 1 is 1.35 bits per heavy atom. The highest BCUT2D eigenvalue weighted by Crippen LogP contribution is 2.20. The number of pyridine rings is 1. The van der Waals surface area contributed by atoms with Gasteiger partial charge in [0.15, 0.2) is 5.82 Å². The summed E-state index contributed by atoms with van der Waals surface area (Å²) in [6.45, 7) is 0.317. The van der Waals surface area contributed by atoms with E-state index in [0.717, 1.165) is 0 Å². The lowest BCUT2D eigenvalue weighted by atomic mass is 10.2. The topological polar surface area (TPSA) is 120 Å². The summed E-state index contributed by atoms with van der Waals surface area (Å²) in [6.07, 6.45) is 1.19. The quantitative estimate of drug-likeness (QED) is 0.512. The third-order valence-electron chi connectivity index (χ3n) is 2.18. The average molecular weight is 241 g/mol. The van der Waals surface area contributed by atoms with Crippen molar-refractivity contribution >= 4 is 17.5 Å². The Balaban J connectivity index is 2.99. The summed E-state index contributed by atoms with van der Waals surface area (Å²) in [6, 6.07) is 1.30. The Hall–Kier alpha value is -1.86. The first-order chi connectivity index (χ1) is 8.10. The van der Waals surface area contributed by atoms with Crippen molar-refractivity contribution in [1.82, 2.24) is 4.98 Å². The number of aromatic carboxylic acids is 1. The van der Waals surface area contributed by atoms with Gasteiger partial charge in [-0.2, -0.15) is 0 Å². The van der Waals surface area contributed by atoms with Crippen LogP contribution in [0.3, 0.4) is 0 Å². The van der Waals surface area contributed by atoms with E-state index in [-0.39, 0.29) is 37.6 Å². The Kier molecular flexibility index (Phi) is 4.68. The zero-order chi connectivity index (χ0) is 12.8. The lowest BCUT2D eigenvalue weighted by Crippen LogP contribution is -2.31. The van der Waals surface area contributed by atoms with Gasteiger partial charge in [0.2, 0.25) is 0 Å². The predicted octanol–water partition coefficient (Wildman–Crippen LogP) is -0.847. The van der Waals surface area contributed by atoms with Crippen molar-refractivity contribution in [2.24, 2.45) is 0 Å². The van der Waals surface area contributed by atoms with E-state index in [2.05, 4.69) is 4.98 Å². The molecule has 0 bridgehead atoms. The monoisotopic (exact) mass is 241 g/mol. The van der Waals surface area contributed by atoms with E-state index in [1.54, 1.807) is 4.90 Å². The van der Waals surface area contributed by atoms with Gasteiger partial charge in [-0.25, -0.2) is 9.78 Å². The zero-order valence-corrected chi connectivity index (χ0v) is 9.20. The lowest BCUT2D eigenvalue weighted by Gasteiger charge is -2.23. The Morgan fingerprint density at radius 2 is 1.94 bits per heavy atom. The van der Waals surface area contributed by atoms with Crippen molar-refractivity contribution in [1.29, 1.82) is 0 Å². The first-order valence-electron chi connectivity index (χ1n) is 5.05. The van der Waals surface area contributed by atoms with Crippen LogP contribution in [0.15, 0.2) is 12.3 Å². The van der Waals surface area contributed by atoms with E-state index < -0.39 is 5.97 Å². The van der Waals surface area contributed by atoms with Crippen LogP contribution >= 0.6 is 0 Å². The van der Waals surface area contributed by atoms with Crippen LogP contribution in [-0.4, -0.2) is 52.6 Å². The first kappa shape index (κ1) is 13.2. The molecule has 1 rings (SSSR count). The van der Waals surface area contributed by atoms with Gasteiger partial charge in [0.25, 0.3) is 0 Å². The second kappa shape index (κ2) is 6.02. The third-order valence-corrected chi connectivity index (χ3v) is 2.18.